The lowest BCUT2D eigenvalue weighted by Gasteiger charge is -2.63. The van der Waals surface area contributed by atoms with Crippen LogP contribution < -0.4 is 5.48 Å². The first-order valence-corrected chi connectivity index (χ1v) is 11.9. The smallest absolute Gasteiger partial charge is 0.253 e. The van der Waals surface area contributed by atoms with Gasteiger partial charge in [-0.05, 0) is 56.9 Å². The largest absolute Gasteiger partial charge is 0.488 e. The fraction of sp³-hybridized carbons (Fsp3) is 0.600. The van der Waals surface area contributed by atoms with Crippen molar-refractivity contribution in [2.24, 2.45) is 16.8 Å². The first-order chi connectivity index (χ1) is 15.5. The Balaban J connectivity index is 0.00000119. The molecule has 0 bridgehead atoms. The van der Waals surface area contributed by atoms with Crippen LogP contribution in [0.25, 0.3) is 5.76 Å². The molecular weight excluding hydrogens is 404 g/mol. The van der Waals surface area contributed by atoms with Gasteiger partial charge in [-0.2, -0.15) is 0 Å². The predicted molar refractivity (Wildman–Crippen MR) is 126 cm³/mol. The third-order valence-corrected chi connectivity index (χ3v) is 7.30. The van der Waals surface area contributed by atoms with E-state index in [4.69, 9.17) is 14.6 Å². The van der Waals surface area contributed by atoms with Gasteiger partial charge in [-0.3, -0.25) is 15.2 Å². The zero-order valence-electron chi connectivity index (χ0n) is 19.9. The second-order valence-corrected chi connectivity index (χ2v) is 8.95. The Kier molecular flexibility index (Phi) is 6.58. The van der Waals surface area contributed by atoms with Gasteiger partial charge in [0.1, 0.15) is 18.2 Å². The Bertz CT molecular complexity index is 904. The number of carbonyl (C=O) groups excluding carboxylic acids is 1. The van der Waals surface area contributed by atoms with Crippen LogP contribution in [0.2, 0.25) is 0 Å². The highest BCUT2D eigenvalue weighted by atomic mass is 16.7. The molecule has 174 valence electrons. The van der Waals surface area contributed by atoms with Crippen LogP contribution in [0.5, 0.6) is 0 Å². The van der Waals surface area contributed by atoms with Gasteiger partial charge in [0, 0.05) is 43.2 Å². The predicted octanol–water partition coefficient (Wildman–Crippen LogP) is 3.54. The lowest BCUT2D eigenvalue weighted by atomic mass is 9.56. The summed E-state index contributed by atoms with van der Waals surface area (Å²) in [5.41, 5.74) is 4.96. The van der Waals surface area contributed by atoms with Crippen molar-refractivity contribution in [1.82, 2.24) is 15.3 Å². The Hall–Kier alpha value is -2.38. The second kappa shape index (κ2) is 9.24. The van der Waals surface area contributed by atoms with Crippen molar-refractivity contribution in [2.45, 2.75) is 51.8 Å². The highest BCUT2D eigenvalue weighted by Crippen LogP contribution is 2.60. The van der Waals surface area contributed by atoms with Crippen molar-refractivity contribution in [3.63, 3.8) is 0 Å². The minimum absolute atomic E-state index is 0.0278. The summed E-state index contributed by atoms with van der Waals surface area (Å²) in [4.78, 5) is 27.0. The third-order valence-electron chi connectivity index (χ3n) is 7.30. The van der Waals surface area contributed by atoms with Gasteiger partial charge in [-0.25, -0.2) is 9.83 Å². The Labute approximate surface area is 191 Å². The molecule has 7 heteroatoms. The van der Waals surface area contributed by atoms with E-state index in [0.29, 0.717) is 23.6 Å². The molecule has 3 aliphatic heterocycles. The number of allylic oxidation sites excluding steroid dienone is 1. The summed E-state index contributed by atoms with van der Waals surface area (Å²) in [6.07, 6.45) is 5.53. The van der Waals surface area contributed by atoms with E-state index in [-0.39, 0.29) is 12.1 Å². The van der Waals surface area contributed by atoms with Crippen LogP contribution in [0, 0.1) is 11.8 Å². The monoisotopic (exact) mass is 440 g/mol. The first kappa shape index (κ1) is 22.8. The van der Waals surface area contributed by atoms with Crippen molar-refractivity contribution in [1.29, 1.82) is 0 Å². The number of hydrogen-bond acceptors (Lipinski definition) is 6. The summed E-state index contributed by atoms with van der Waals surface area (Å²) < 4.78 is 6.04. The van der Waals surface area contributed by atoms with Gasteiger partial charge in [0.05, 0.1) is 0 Å². The molecule has 7 nitrogen and oxygen atoms in total. The van der Waals surface area contributed by atoms with Crippen LogP contribution in [0.1, 0.15) is 56.0 Å². The molecule has 4 unspecified atom stereocenters. The average molecular weight is 441 g/mol. The summed E-state index contributed by atoms with van der Waals surface area (Å²) in [5.74, 6) is 2.99. The number of carbonyl (C=O) groups is 1. The van der Waals surface area contributed by atoms with Gasteiger partial charge in [0.15, 0.2) is 0 Å². The van der Waals surface area contributed by atoms with Crippen molar-refractivity contribution in [2.75, 3.05) is 33.8 Å². The summed E-state index contributed by atoms with van der Waals surface area (Å²) in [6, 6.07) is 7.50. The maximum atomic E-state index is 12.3. The van der Waals surface area contributed by atoms with Crippen LogP contribution in [0.15, 0.2) is 35.3 Å². The van der Waals surface area contributed by atoms with Gasteiger partial charge in [0.2, 0.25) is 6.23 Å². The molecule has 4 atom stereocenters. The van der Waals surface area contributed by atoms with E-state index in [2.05, 4.69) is 10.4 Å². The quantitative estimate of drug-likeness (QED) is 0.686. The molecule has 1 amide bonds. The summed E-state index contributed by atoms with van der Waals surface area (Å²) in [6.45, 7) is 8.58. The fourth-order valence-corrected chi connectivity index (χ4v) is 5.63. The Morgan fingerprint density at radius 3 is 2.78 bits per heavy atom. The second-order valence-electron chi connectivity index (χ2n) is 8.95. The maximum absolute atomic E-state index is 12.3. The van der Waals surface area contributed by atoms with Gasteiger partial charge < -0.3 is 9.64 Å². The molecule has 1 saturated carbocycles. The summed E-state index contributed by atoms with van der Waals surface area (Å²) >= 11 is 0. The number of nitrogens with zero attached hydrogens (tertiary/aromatic N) is 3. The van der Waals surface area contributed by atoms with Crippen LogP contribution in [-0.4, -0.2) is 67.1 Å². The van der Waals surface area contributed by atoms with Gasteiger partial charge in [-0.1, -0.05) is 26.0 Å². The van der Waals surface area contributed by atoms with E-state index in [0.717, 1.165) is 29.6 Å². The zero-order valence-corrected chi connectivity index (χ0v) is 19.9. The number of nitrogens with one attached hydrogen (secondary N) is 1. The highest BCUT2D eigenvalue weighted by Gasteiger charge is 2.67. The van der Waals surface area contributed by atoms with Gasteiger partial charge >= 0.3 is 0 Å². The van der Waals surface area contributed by atoms with E-state index in [1.807, 2.05) is 51.1 Å². The van der Waals surface area contributed by atoms with Crippen LogP contribution >= 0.6 is 0 Å². The number of aliphatic imine (C=N–C) groups is 1. The number of ether oxygens (including phenoxy) is 1. The van der Waals surface area contributed by atoms with Crippen molar-refractivity contribution in [3.05, 3.63) is 41.5 Å². The molecule has 5 rings (SSSR count). The maximum Gasteiger partial charge on any atom is 0.253 e. The summed E-state index contributed by atoms with van der Waals surface area (Å²) in [5, 5.41) is 0. The average Bonchev–Trinajstić information content (AvgIpc) is 3.31. The SMILES string of the molecule is C/C=C(\OCC1N=C(C2CN3CCC4CCC423)NO1)c1cccc(C(=O)N(C)C)c1.CC. The molecule has 0 aromatic heterocycles. The Morgan fingerprint density at radius 1 is 1.34 bits per heavy atom. The minimum atomic E-state index is -0.355. The number of amides is 1. The number of benzene rings is 1. The molecule has 1 spiro atoms. The molecule has 1 N–H and O–H groups in total. The molecule has 1 aromatic carbocycles. The van der Waals surface area contributed by atoms with Crippen molar-refractivity contribution >= 4 is 17.5 Å². The lowest BCUT2D eigenvalue weighted by Crippen LogP contribution is -2.73. The van der Waals surface area contributed by atoms with E-state index < -0.39 is 0 Å². The van der Waals surface area contributed by atoms with Gasteiger partial charge in [-0.15, -0.1) is 0 Å². The lowest BCUT2D eigenvalue weighted by molar-refractivity contribution is -0.102. The molecule has 3 heterocycles. The molecule has 1 aliphatic carbocycles. The van der Waals surface area contributed by atoms with E-state index >= 15 is 0 Å². The number of rotatable bonds is 6. The van der Waals surface area contributed by atoms with Crippen LogP contribution in [0.4, 0.5) is 0 Å². The first-order valence-electron chi connectivity index (χ1n) is 11.9. The third kappa shape index (κ3) is 3.71. The van der Waals surface area contributed by atoms with Crippen LogP contribution in [-0.2, 0) is 9.57 Å². The normalized spacial score (nSPS) is 30.5. The molecular formula is C25H36N4O3. The summed E-state index contributed by atoms with van der Waals surface area (Å²) in [7, 11) is 3.50. The molecule has 4 aliphatic rings. The van der Waals surface area contributed by atoms with Crippen LogP contribution in [0.3, 0.4) is 0 Å². The van der Waals surface area contributed by atoms with Gasteiger partial charge in [0.25, 0.3) is 5.91 Å². The Morgan fingerprint density at radius 2 is 2.12 bits per heavy atom. The molecule has 3 fully saturated rings. The molecule has 2 saturated heterocycles. The minimum Gasteiger partial charge on any atom is -0.488 e. The zero-order chi connectivity index (χ0) is 22.9. The standard InChI is InChI=1S/C23H30N4O3.C2H6/c1-4-19(15-6-5-7-16(12-15)22(28)26(2)3)29-14-20-24-21(25-30-20)18-13-27-11-9-17-8-10-23(17,18)27;1-2/h4-7,12,17-18,20H,8-11,13-14H2,1-3H3,(H,24,25);1-2H3/b19-4-;. The number of hydrogen-bond donors (Lipinski definition) is 1. The van der Waals surface area contributed by atoms with Crippen molar-refractivity contribution < 1.29 is 14.4 Å². The van der Waals surface area contributed by atoms with Crippen molar-refractivity contribution in [3.8, 4) is 0 Å². The number of amidine groups is 1. The number of hydroxylamine groups is 1. The molecule has 1 aromatic rings. The topological polar surface area (TPSA) is 66.4 Å². The highest BCUT2D eigenvalue weighted by molar-refractivity contribution is 5.94. The molecule has 0 radical (unpaired) electrons. The molecule has 32 heavy (non-hydrogen) atoms. The fourth-order valence-electron chi connectivity index (χ4n) is 5.63. The van der Waals surface area contributed by atoms with E-state index in [9.17, 15) is 4.79 Å². The van der Waals surface area contributed by atoms with E-state index in [1.165, 1.54) is 25.8 Å². The van der Waals surface area contributed by atoms with E-state index in [1.54, 1.807) is 19.0 Å².